The Labute approximate surface area is 113 Å². The molecule has 0 bridgehead atoms. The number of hydrogen-bond acceptors (Lipinski definition) is 5. The molecule has 7 heteroatoms. The number of anilines is 1. The average molecular weight is 269 g/mol. The highest BCUT2D eigenvalue weighted by atomic mass is 16.6. The summed E-state index contributed by atoms with van der Waals surface area (Å²) >= 11 is 0. The molecule has 0 aliphatic carbocycles. The van der Waals surface area contributed by atoms with Crippen LogP contribution in [0.4, 0.5) is 11.5 Å². The fourth-order valence-electron chi connectivity index (χ4n) is 2.18. The van der Waals surface area contributed by atoms with Gasteiger partial charge in [-0.25, -0.2) is 4.68 Å². The number of hydrogen-bond donors (Lipinski definition) is 1. The third-order valence-electron chi connectivity index (χ3n) is 3.01. The Kier molecular flexibility index (Phi) is 5.75. The maximum atomic E-state index is 11.3. The SMILES string of the molecule is CCCc1nn(C)c(N(C)CCCNC)c1[N+](=O)[O-]. The van der Waals surface area contributed by atoms with Gasteiger partial charge in [-0.1, -0.05) is 13.3 Å². The molecule has 1 rings (SSSR count). The largest absolute Gasteiger partial charge is 0.354 e. The van der Waals surface area contributed by atoms with Gasteiger partial charge in [0.15, 0.2) is 0 Å². The molecule has 0 unspecified atom stereocenters. The molecule has 1 aromatic heterocycles. The normalized spacial score (nSPS) is 10.7. The van der Waals surface area contributed by atoms with E-state index in [4.69, 9.17) is 0 Å². The first-order valence-corrected chi connectivity index (χ1v) is 6.58. The summed E-state index contributed by atoms with van der Waals surface area (Å²) in [5.41, 5.74) is 0.724. The lowest BCUT2D eigenvalue weighted by atomic mass is 10.2. The molecule has 0 saturated carbocycles. The molecule has 0 aromatic carbocycles. The van der Waals surface area contributed by atoms with E-state index in [-0.39, 0.29) is 10.6 Å². The van der Waals surface area contributed by atoms with Gasteiger partial charge in [0, 0.05) is 20.6 Å². The summed E-state index contributed by atoms with van der Waals surface area (Å²) in [7, 11) is 5.53. The molecule has 1 N–H and O–H groups in total. The Morgan fingerprint density at radius 1 is 1.53 bits per heavy atom. The van der Waals surface area contributed by atoms with E-state index >= 15 is 0 Å². The molecule has 0 amide bonds. The van der Waals surface area contributed by atoms with Crippen molar-refractivity contribution in [3.05, 3.63) is 15.8 Å². The molecule has 1 aromatic rings. The van der Waals surface area contributed by atoms with Crippen molar-refractivity contribution < 1.29 is 4.92 Å². The summed E-state index contributed by atoms with van der Waals surface area (Å²) in [4.78, 5) is 12.9. The molecule has 19 heavy (non-hydrogen) atoms. The van der Waals surface area contributed by atoms with Gasteiger partial charge in [0.05, 0.1) is 4.92 Å². The fourth-order valence-corrected chi connectivity index (χ4v) is 2.18. The number of aryl methyl sites for hydroxylation is 2. The van der Waals surface area contributed by atoms with Crippen LogP contribution in [0.1, 0.15) is 25.5 Å². The Morgan fingerprint density at radius 2 is 2.21 bits per heavy atom. The second-order valence-corrected chi connectivity index (χ2v) is 4.63. The van der Waals surface area contributed by atoms with Gasteiger partial charge in [-0.2, -0.15) is 5.10 Å². The quantitative estimate of drug-likeness (QED) is 0.437. The third kappa shape index (κ3) is 3.66. The van der Waals surface area contributed by atoms with Crippen LogP contribution >= 0.6 is 0 Å². The van der Waals surface area contributed by atoms with Crippen molar-refractivity contribution in [2.24, 2.45) is 7.05 Å². The highest BCUT2D eigenvalue weighted by Crippen LogP contribution is 2.31. The lowest BCUT2D eigenvalue weighted by Gasteiger charge is -2.18. The molecule has 0 saturated heterocycles. The van der Waals surface area contributed by atoms with Crippen molar-refractivity contribution in [3.8, 4) is 0 Å². The zero-order chi connectivity index (χ0) is 14.4. The van der Waals surface area contributed by atoms with Gasteiger partial charge in [-0.3, -0.25) is 10.1 Å². The van der Waals surface area contributed by atoms with Crippen molar-refractivity contribution >= 4 is 11.5 Å². The molecule has 0 spiro atoms. The van der Waals surface area contributed by atoms with Crippen LogP contribution in [0, 0.1) is 10.1 Å². The van der Waals surface area contributed by atoms with Crippen LogP contribution in [0.5, 0.6) is 0 Å². The second-order valence-electron chi connectivity index (χ2n) is 4.63. The fraction of sp³-hybridized carbons (Fsp3) is 0.750. The van der Waals surface area contributed by atoms with Crippen LogP contribution in [0.2, 0.25) is 0 Å². The highest BCUT2D eigenvalue weighted by Gasteiger charge is 2.28. The molecule has 108 valence electrons. The minimum absolute atomic E-state index is 0.149. The summed E-state index contributed by atoms with van der Waals surface area (Å²) < 4.78 is 1.61. The van der Waals surface area contributed by atoms with E-state index in [9.17, 15) is 10.1 Å². The molecular formula is C12H23N5O2. The van der Waals surface area contributed by atoms with Gasteiger partial charge in [0.1, 0.15) is 5.69 Å². The van der Waals surface area contributed by atoms with Crippen molar-refractivity contribution in [1.29, 1.82) is 0 Å². The number of aromatic nitrogens is 2. The summed E-state index contributed by atoms with van der Waals surface area (Å²) in [5, 5.41) is 18.6. The monoisotopic (exact) mass is 269 g/mol. The Balaban J connectivity index is 3.00. The van der Waals surface area contributed by atoms with Crippen molar-refractivity contribution in [1.82, 2.24) is 15.1 Å². The lowest BCUT2D eigenvalue weighted by Crippen LogP contribution is -2.24. The van der Waals surface area contributed by atoms with Crippen LogP contribution in [0.25, 0.3) is 0 Å². The molecule has 7 nitrogen and oxygen atoms in total. The predicted molar refractivity (Wildman–Crippen MR) is 75.7 cm³/mol. The molecule has 1 heterocycles. The molecule has 0 aliphatic heterocycles. The zero-order valence-electron chi connectivity index (χ0n) is 12.1. The number of nitrogens with zero attached hydrogens (tertiary/aromatic N) is 4. The average Bonchev–Trinajstić information content (AvgIpc) is 2.66. The number of nitro groups is 1. The van der Waals surface area contributed by atoms with E-state index in [0.29, 0.717) is 17.9 Å². The first kappa shape index (κ1) is 15.4. The van der Waals surface area contributed by atoms with E-state index in [1.54, 1.807) is 11.7 Å². The minimum Gasteiger partial charge on any atom is -0.354 e. The molecule has 0 fully saturated rings. The van der Waals surface area contributed by atoms with E-state index in [1.807, 2.05) is 25.9 Å². The van der Waals surface area contributed by atoms with Crippen LogP contribution in [-0.2, 0) is 13.5 Å². The van der Waals surface area contributed by atoms with Crippen LogP contribution in [0.15, 0.2) is 0 Å². The maximum absolute atomic E-state index is 11.3. The second kappa shape index (κ2) is 7.08. The van der Waals surface area contributed by atoms with Crippen LogP contribution in [-0.4, -0.2) is 41.9 Å². The zero-order valence-corrected chi connectivity index (χ0v) is 12.1. The molecular weight excluding hydrogens is 246 g/mol. The molecule has 0 aliphatic rings. The maximum Gasteiger partial charge on any atom is 0.334 e. The molecule has 0 atom stereocenters. The van der Waals surface area contributed by atoms with Crippen molar-refractivity contribution in [2.75, 3.05) is 32.1 Å². The Bertz CT molecular complexity index is 430. The Hall–Kier alpha value is -1.63. The smallest absolute Gasteiger partial charge is 0.334 e. The van der Waals surface area contributed by atoms with Gasteiger partial charge in [0.25, 0.3) is 0 Å². The van der Waals surface area contributed by atoms with Gasteiger partial charge in [0.2, 0.25) is 5.82 Å². The van der Waals surface area contributed by atoms with E-state index < -0.39 is 0 Å². The first-order valence-electron chi connectivity index (χ1n) is 6.58. The van der Waals surface area contributed by atoms with Crippen molar-refractivity contribution in [2.45, 2.75) is 26.2 Å². The number of rotatable bonds is 8. The molecule has 0 radical (unpaired) electrons. The van der Waals surface area contributed by atoms with Crippen LogP contribution < -0.4 is 10.2 Å². The van der Waals surface area contributed by atoms with Gasteiger partial charge >= 0.3 is 5.69 Å². The van der Waals surface area contributed by atoms with E-state index in [1.165, 1.54) is 0 Å². The van der Waals surface area contributed by atoms with Gasteiger partial charge in [-0.05, 0) is 26.4 Å². The highest BCUT2D eigenvalue weighted by molar-refractivity contribution is 5.61. The third-order valence-corrected chi connectivity index (χ3v) is 3.01. The lowest BCUT2D eigenvalue weighted by molar-refractivity contribution is -0.384. The van der Waals surface area contributed by atoms with Crippen LogP contribution in [0.3, 0.4) is 0 Å². The number of nitrogens with one attached hydrogen (secondary N) is 1. The van der Waals surface area contributed by atoms with Crippen molar-refractivity contribution in [3.63, 3.8) is 0 Å². The summed E-state index contributed by atoms with van der Waals surface area (Å²) in [6.45, 7) is 3.64. The standard InChI is InChI=1S/C12H23N5O2/c1-5-7-10-11(17(18)19)12(16(4)14-10)15(3)9-6-8-13-2/h13H,5-9H2,1-4H3. The Morgan fingerprint density at radius 3 is 2.74 bits per heavy atom. The van der Waals surface area contributed by atoms with Gasteiger partial charge in [-0.15, -0.1) is 0 Å². The van der Waals surface area contributed by atoms with E-state index in [0.717, 1.165) is 25.9 Å². The summed E-state index contributed by atoms with van der Waals surface area (Å²) in [5.74, 6) is 0.588. The first-order chi connectivity index (χ1) is 9.02. The summed E-state index contributed by atoms with van der Waals surface area (Å²) in [6.07, 6.45) is 2.41. The summed E-state index contributed by atoms with van der Waals surface area (Å²) in [6, 6.07) is 0. The van der Waals surface area contributed by atoms with E-state index in [2.05, 4.69) is 10.4 Å². The van der Waals surface area contributed by atoms with Gasteiger partial charge < -0.3 is 10.2 Å². The topological polar surface area (TPSA) is 76.2 Å². The minimum atomic E-state index is -0.318. The predicted octanol–water partition coefficient (Wildman–Crippen LogP) is 1.33.